The standard InChI is InChI=1S/C18H15N5O2/c19-16-15(20-9-10-21-16)18(25)23-14-8-4-7-13(11-14)22-17(24)12-5-2-1-3-6-12/h1-11H,(H2,19,21)(H,22,24)(H,23,25). The van der Waals surface area contributed by atoms with Crippen LogP contribution in [0.25, 0.3) is 0 Å². The van der Waals surface area contributed by atoms with Gasteiger partial charge in [-0.25, -0.2) is 9.97 Å². The number of aromatic nitrogens is 2. The molecule has 0 radical (unpaired) electrons. The lowest BCUT2D eigenvalue weighted by Gasteiger charge is -2.09. The highest BCUT2D eigenvalue weighted by molar-refractivity contribution is 6.07. The van der Waals surface area contributed by atoms with Crippen LogP contribution in [0, 0.1) is 0 Å². The van der Waals surface area contributed by atoms with Crippen molar-refractivity contribution >= 4 is 29.0 Å². The summed E-state index contributed by atoms with van der Waals surface area (Å²) in [6, 6.07) is 15.6. The van der Waals surface area contributed by atoms with Crippen molar-refractivity contribution in [1.82, 2.24) is 9.97 Å². The zero-order valence-corrected chi connectivity index (χ0v) is 13.1. The molecular weight excluding hydrogens is 318 g/mol. The fourth-order valence-corrected chi connectivity index (χ4v) is 2.18. The molecule has 3 rings (SSSR count). The summed E-state index contributed by atoms with van der Waals surface area (Å²) < 4.78 is 0. The zero-order chi connectivity index (χ0) is 17.6. The number of nitrogens with two attached hydrogens (primary N) is 1. The maximum absolute atomic E-state index is 12.2. The molecule has 7 heteroatoms. The first-order valence-corrected chi connectivity index (χ1v) is 7.48. The molecule has 4 N–H and O–H groups in total. The van der Waals surface area contributed by atoms with Gasteiger partial charge in [0.15, 0.2) is 11.5 Å². The van der Waals surface area contributed by atoms with Crippen LogP contribution in [0.1, 0.15) is 20.8 Å². The lowest BCUT2D eigenvalue weighted by molar-refractivity contribution is 0.101. The summed E-state index contributed by atoms with van der Waals surface area (Å²) >= 11 is 0. The third-order valence-corrected chi connectivity index (χ3v) is 3.36. The van der Waals surface area contributed by atoms with Crippen molar-refractivity contribution in [2.45, 2.75) is 0 Å². The summed E-state index contributed by atoms with van der Waals surface area (Å²) in [7, 11) is 0. The van der Waals surface area contributed by atoms with Gasteiger partial charge in [0.1, 0.15) is 0 Å². The van der Waals surface area contributed by atoms with Crippen molar-refractivity contribution in [1.29, 1.82) is 0 Å². The first-order valence-electron chi connectivity index (χ1n) is 7.48. The van der Waals surface area contributed by atoms with Crippen LogP contribution in [0.5, 0.6) is 0 Å². The molecule has 0 aliphatic rings. The number of hydrogen-bond donors (Lipinski definition) is 3. The van der Waals surface area contributed by atoms with Gasteiger partial charge >= 0.3 is 0 Å². The number of benzene rings is 2. The number of nitrogens with one attached hydrogen (secondary N) is 2. The lowest BCUT2D eigenvalue weighted by Crippen LogP contribution is -2.17. The Morgan fingerprint density at radius 3 is 2.12 bits per heavy atom. The summed E-state index contributed by atoms with van der Waals surface area (Å²) in [5, 5.41) is 5.46. The van der Waals surface area contributed by atoms with Gasteiger partial charge in [-0.1, -0.05) is 24.3 Å². The van der Waals surface area contributed by atoms with Gasteiger partial charge in [-0.3, -0.25) is 9.59 Å². The van der Waals surface area contributed by atoms with Crippen LogP contribution in [0.2, 0.25) is 0 Å². The zero-order valence-electron chi connectivity index (χ0n) is 13.1. The average Bonchev–Trinajstić information content (AvgIpc) is 2.63. The third kappa shape index (κ3) is 3.97. The molecule has 2 amide bonds. The van der Waals surface area contributed by atoms with E-state index in [9.17, 15) is 9.59 Å². The van der Waals surface area contributed by atoms with Gasteiger partial charge < -0.3 is 16.4 Å². The van der Waals surface area contributed by atoms with E-state index in [0.717, 1.165) is 0 Å². The van der Waals surface area contributed by atoms with Gasteiger partial charge in [-0.2, -0.15) is 0 Å². The summed E-state index contributed by atoms with van der Waals surface area (Å²) in [5.41, 5.74) is 7.29. The largest absolute Gasteiger partial charge is 0.382 e. The Kier molecular flexibility index (Phi) is 4.66. The Hall–Kier alpha value is -3.74. The van der Waals surface area contributed by atoms with Crippen LogP contribution in [0.15, 0.2) is 67.0 Å². The first-order chi connectivity index (χ1) is 12.1. The number of nitrogens with zero attached hydrogens (tertiary/aromatic N) is 2. The summed E-state index contributed by atoms with van der Waals surface area (Å²) in [6.07, 6.45) is 2.80. The predicted molar refractivity (Wildman–Crippen MR) is 95.2 cm³/mol. The van der Waals surface area contributed by atoms with E-state index < -0.39 is 5.91 Å². The molecule has 0 atom stereocenters. The fraction of sp³-hybridized carbons (Fsp3) is 0. The van der Waals surface area contributed by atoms with E-state index in [2.05, 4.69) is 20.6 Å². The Labute approximate surface area is 143 Å². The van der Waals surface area contributed by atoms with Gasteiger partial charge in [0.25, 0.3) is 11.8 Å². The predicted octanol–water partition coefficient (Wildman–Crippen LogP) is 2.56. The summed E-state index contributed by atoms with van der Waals surface area (Å²) in [4.78, 5) is 32.1. The van der Waals surface area contributed by atoms with Gasteiger partial charge in [-0.15, -0.1) is 0 Å². The number of rotatable bonds is 4. The Balaban J connectivity index is 1.72. The van der Waals surface area contributed by atoms with Crippen molar-refractivity contribution in [2.24, 2.45) is 0 Å². The molecule has 0 aliphatic heterocycles. The van der Waals surface area contributed by atoms with Gasteiger partial charge in [-0.05, 0) is 30.3 Å². The van der Waals surface area contributed by atoms with E-state index in [4.69, 9.17) is 5.73 Å². The minimum Gasteiger partial charge on any atom is -0.382 e. The van der Waals surface area contributed by atoms with E-state index >= 15 is 0 Å². The number of hydrogen-bond acceptors (Lipinski definition) is 5. The molecule has 0 fully saturated rings. The second kappa shape index (κ2) is 7.22. The molecule has 0 unspecified atom stereocenters. The van der Waals surface area contributed by atoms with Crippen molar-refractivity contribution < 1.29 is 9.59 Å². The van der Waals surface area contributed by atoms with Gasteiger partial charge in [0, 0.05) is 29.3 Å². The third-order valence-electron chi connectivity index (χ3n) is 3.36. The maximum Gasteiger partial charge on any atom is 0.278 e. The van der Waals surface area contributed by atoms with Crippen LogP contribution in [-0.4, -0.2) is 21.8 Å². The van der Waals surface area contributed by atoms with E-state index in [1.54, 1.807) is 48.5 Å². The van der Waals surface area contributed by atoms with E-state index in [0.29, 0.717) is 16.9 Å². The molecule has 1 aromatic heterocycles. The highest BCUT2D eigenvalue weighted by Gasteiger charge is 2.12. The molecule has 0 saturated heterocycles. The van der Waals surface area contributed by atoms with Gasteiger partial charge in [0.2, 0.25) is 0 Å². The highest BCUT2D eigenvalue weighted by atomic mass is 16.2. The minimum atomic E-state index is -0.475. The van der Waals surface area contributed by atoms with E-state index in [1.165, 1.54) is 12.4 Å². The molecule has 3 aromatic rings. The van der Waals surface area contributed by atoms with Crippen LogP contribution >= 0.6 is 0 Å². The number of carbonyl (C=O) groups is 2. The van der Waals surface area contributed by atoms with Crippen LogP contribution in [0.4, 0.5) is 17.2 Å². The minimum absolute atomic E-state index is 0.0428. The molecule has 0 aliphatic carbocycles. The topological polar surface area (TPSA) is 110 Å². The molecule has 1 heterocycles. The molecule has 25 heavy (non-hydrogen) atoms. The molecule has 0 bridgehead atoms. The van der Waals surface area contributed by atoms with Crippen LogP contribution < -0.4 is 16.4 Å². The Morgan fingerprint density at radius 1 is 0.800 bits per heavy atom. The molecule has 2 aromatic carbocycles. The number of nitrogen functional groups attached to an aromatic ring is 1. The van der Waals surface area contributed by atoms with Crippen LogP contribution in [-0.2, 0) is 0 Å². The normalized spacial score (nSPS) is 10.1. The molecule has 0 spiro atoms. The smallest absolute Gasteiger partial charge is 0.278 e. The monoisotopic (exact) mass is 333 g/mol. The molecule has 124 valence electrons. The van der Waals surface area contributed by atoms with Crippen molar-refractivity contribution in [3.05, 3.63) is 78.2 Å². The number of amides is 2. The van der Waals surface area contributed by atoms with E-state index in [1.807, 2.05) is 6.07 Å². The van der Waals surface area contributed by atoms with Crippen molar-refractivity contribution in [3.8, 4) is 0 Å². The van der Waals surface area contributed by atoms with E-state index in [-0.39, 0.29) is 17.4 Å². The summed E-state index contributed by atoms with van der Waals surface area (Å²) in [6.45, 7) is 0. The Bertz CT molecular complexity index is 912. The van der Waals surface area contributed by atoms with Crippen LogP contribution in [0.3, 0.4) is 0 Å². The maximum atomic E-state index is 12.2. The second-order valence-corrected chi connectivity index (χ2v) is 5.15. The number of anilines is 3. The number of carbonyl (C=O) groups excluding carboxylic acids is 2. The first kappa shape index (κ1) is 16.1. The highest BCUT2D eigenvalue weighted by Crippen LogP contribution is 2.17. The quantitative estimate of drug-likeness (QED) is 0.679. The SMILES string of the molecule is Nc1nccnc1C(=O)Nc1cccc(NC(=O)c2ccccc2)c1. The van der Waals surface area contributed by atoms with Crippen molar-refractivity contribution in [2.75, 3.05) is 16.4 Å². The average molecular weight is 333 g/mol. The lowest BCUT2D eigenvalue weighted by atomic mass is 10.2. The molecular formula is C18H15N5O2. The molecule has 7 nitrogen and oxygen atoms in total. The Morgan fingerprint density at radius 2 is 1.44 bits per heavy atom. The van der Waals surface area contributed by atoms with Crippen molar-refractivity contribution in [3.63, 3.8) is 0 Å². The van der Waals surface area contributed by atoms with Gasteiger partial charge in [0.05, 0.1) is 0 Å². The fourth-order valence-electron chi connectivity index (χ4n) is 2.18. The molecule has 0 saturated carbocycles. The second-order valence-electron chi connectivity index (χ2n) is 5.15. The summed E-state index contributed by atoms with van der Waals surface area (Å²) in [5.74, 6) is -0.659.